The van der Waals surface area contributed by atoms with E-state index in [0.717, 1.165) is 44.9 Å². The summed E-state index contributed by atoms with van der Waals surface area (Å²) >= 11 is 0. The zero-order valence-corrected chi connectivity index (χ0v) is 20.3. The van der Waals surface area contributed by atoms with Gasteiger partial charge in [0.15, 0.2) is 0 Å². The van der Waals surface area contributed by atoms with Crippen LogP contribution in [0.5, 0.6) is 0 Å². The van der Waals surface area contributed by atoms with Gasteiger partial charge in [0.05, 0.1) is 24.2 Å². The second kappa shape index (κ2) is 15.3. The zero-order chi connectivity index (χ0) is 21.5. The lowest BCUT2D eigenvalue weighted by molar-refractivity contribution is -0.151. The number of carbonyl (C=O) groups is 1. The van der Waals surface area contributed by atoms with E-state index < -0.39 is 0 Å². The molecule has 2 unspecified atom stereocenters. The molecule has 0 spiro atoms. The van der Waals surface area contributed by atoms with Crippen molar-refractivity contribution in [3.8, 4) is 0 Å². The molecule has 1 aliphatic rings. The Balaban J connectivity index is 2.48. The average Bonchev–Trinajstić information content (AvgIpc) is 2.97. The molecule has 0 aromatic heterocycles. The van der Waals surface area contributed by atoms with Gasteiger partial charge in [0.2, 0.25) is 0 Å². The van der Waals surface area contributed by atoms with Crippen LogP contribution in [0.3, 0.4) is 0 Å². The van der Waals surface area contributed by atoms with Crippen molar-refractivity contribution >= 4 is 5.97 Å². The van der Waals surface area contributed by atoms with Gasteiger partial charge >= 0.3 is 5.97 Å². The van der Waals surface area contributed by atoms with E-state index in [1.54, 1.807) is 0 Å². The van der Waals surface area contributed by atoms with Gasteiger partial charge in [0, 0.05) is 5.92 Å². The predicted molar refractivity (Wildman–Crippen MR) is 123 cm³/mol. The van der Waals surface area contributed by atoms with E-state index in [0.29, 0.717) is 12.5 Å². The molecule has 0 N–H and O–H groups in total. The van der Waals surface area contributed by atoms with Gasteiger partial charge in [-0.25, -0.2) is 0 Å². The van der Waals surface area contributed by atoms with Gasteiger partial charge in [-0.2, -0.15) is 0 Å². The van der Waals surface area contributed by atoms with Gasteiger partial charge < -0.3 is 9.47 Å². The first kappa shape index (κ1) is 26.5. The summed E-state index contributed by atoms with van der Waals surface area (Å²) in [4.78, 5) is 12.9. The van der Waals surface area contributed by atoms with Crippen molar-refractivity contribution in [2.75, 3.05) is 6.61 Å². The quantitative estimate of drug-likeness (QED) is 0.181. The van der Waals surface area contributed by atoms with Crippen molar-refractivity contribution in [1.29, 1.82) is 0 Å². The molecule has 0 bridgehead atoms. The lowest BCUT2D eigenvalue weighted by Gasteiger charge is -2.21. The first-order valence-corrected chi connectivity index (χ1v) is 12.8. The summed E-state index contributed by atoms with van der Waals surface area (Å²) < 4.78 is 12.1. The van der Waals surface area contributed by atoms with Crippen LogP contribution in [-0.2, 0) is 14.3 Å². The summed E-state index contributed by atoms with van der Waals surface area (Å²) in [5.41, 5.74) is -0.0884. The van der Waals surface area contributed by atoms with Crippen LogP contribution in [0, 0.1) is 11.8 Å². The first-order valence-electron chi connectivity index (χ1n) is 12.8. The zero-order valence-electron chi connectivity index (χ0n) is 20.3. The Hall–Kier alpha value is -0.570. The van der Waals surface area contributed by atoms with Gasteiger partial charge in [-0.05, 0) is 39.5 Å². The van der Waals surface area contributed by atoms with E-state index in [9.17, 15) is 4.79 Å². The van der Waals surface area contributed by atoms with E-state index in [1.807, 2.05) is 0 Å². The third-order valence-corrected chi connectivity index (χ3v) is 6.41. The number of ether oxygens (including phenoxy) is 2. The third kappa shape index (κ3) is 11.4. The Morgan fingerprint density at radius 1 is 0.897 bits per heavy atom. The average molecular weight is 411 g/mol. The minimum Gasteiger partial charge on any atom is -0.465 e. The molecular formula is C26H50O3. The molecule has 0 amide bonds. The Labute approximate surface area is 181 Å². The SMILES string of the molecule is CCCCCCCC(CCCCCCC)C(=O)OCC1CC(C)(C)OC1CCC. The standard InChI is InChI=1S/C26H50O3/c1-6-9-11-13-15-18-22(19-16-14-12-10-7-2)25(27)28-21-23-20-26(4,5)29-24(23)17-8-3/h22-24H,6-21H2,1-5H3. The lowest BCUT2D eigenvalue weighted by atomic mass is 9.92. The Morgan fingerprint density at radius 3 is 1.97 bits per heavy atom. The molecule has 0 saturated carbocycles. The Morgan fingerprint density at radius 2 is 1.45 bits per heavy atom. The van der Waals surface area contributed by atoms with E-state index >= 15 is 0 Å². The Kier molecular flexibility index (Phi) is 13.9. The van der Waals surface area contributed by atoms with Crippen LogP contribution in [0.2, 0.25) is 0 Å². The second-order valence-electron chi connectivity index (χ2n) is 9.90. The van der Waals surface area contributed by atoms with Crippen molar-refractivity contribution in [3.63, 3.8) is 0 Å². The fourth-order valence-corrected chi connectivity index (χ4v) is 4.74. The van der Waals surface area contributed by atoms with Crippen LogP contribution >= 0.6 is 0 Å². The number of hydrogen-bond donors (Lipinski definition) is 0. The summed E-state index contributed by atoms with van der Waals surface area (Å²) in [7, 11) is 0. The van der Waals surface area contributed by atoms with Crippen molar-refractivity contribution in [1.82, 2.24) is 0 Å². The summed E-state index contributed by atoms with van der Waals surface area (Å²) in [5, 5.41) is 0. The number of rotatable bonds is 17. The minimum absolute atomic E-state index is 0.0518. The second-order valence-corrected chi connectivity index (χ2v) is 9.90. The number of unbranched alkanes of at least 4 members (excludes halogenated alkanes) is 8. The molecule has 1 rings (SSSR count). The topological polar surface area (TPSA) is 35.5 Å². The largest absolute Gasteiger partial charge is 0.465 e. The van der Waals surface area contributed by atoms with Gasteiger partial charge in [-0.1, -0.05) is 91.4 Å². The maximum absolute atomic E-state index is 12.9. The molecule has 0 aromatic carbocycles. The van der Waals surface area contributed by atoms with Crippen molar-refractivity contribution in [2.24, 2.45) is 11.8 Å². The van der Waals surface area contributed by atoms with Crippen molar-refractivity contribution in [2.45, 2.75) is 143 Å². The van der Waals surface area contributed by atoms with E-state index in [1.165, 1.54) is 51.4 Å². The van der Waals surface area contributed by atoms with Gasteiger partial charge in [0.25, 0.3) is 0 Å². The molecule has 0 aliphatic carbocycles. The van der Waals surface area contributed by atoms with Gasteiger partial charge in [-0.3, -0.25) is 4.79 Å². The molecule has 2 atom stereocenters. The van der Waals surface area contributed by atoms with Gasteiger partial charge in [0.1, 0.15) is 0 Å². The van der Waals surface area contributed by atoms with Crippen LogP contribution in [0.4, 0.5) is 0 Å². The van der Waals surface area contributed by atoms with Gasteiger partial charge in [-0.15, -0.1) is 0 Å². The van der Waals surface area contributed by atoms with E-state index in [2.05, 4.69) is 34.6 Å². The lowest BCUT2D eigenvalue weighted by Crippen LogP contribution is -2.25. The minimum atomic E-state index is -0.0884. The smallest absolute Gasteiger partial charge is 0.308 e. The van der Waals surface area contributed by atoms with Crippen molar-refractivity contribution in [3.05, 3.63) is 0 Å². The Bertz CT molecular complexity index is 404. The molecule has 1 fully saturated rings. The highest BCUT2D eigenvalue weighted by Crippen LogP contribution is 2.37. The maximum Gasteiger partial charge on any atom is 0.308 e. The maximum atomic E-state index is 12.9. The predicted octanol–water partition coefficient (Wildman–Crippen LogP) is 7.85. The van der Waals surface area contributed by atoms with E-state index in [-0.39, 0.29) is 23.6 Å². The summed E-state index contributed by atoms with van der Waals surface area (Å²) in [6.07, 6.45) is 18.0. The highest BCUT2D eigenvalue weighted by Gasteiger charge is 2.40. The summed E-state index contributed by atoms with van der Waals surface area (Å²) in [6.45, 7) is 11.5. The number of esters is 1. The van der Waals surface area contributed by atoms with Crippen LogP contribution < -0.4 is 0 Å². The molecule has 1 heterocycles. The highest BCUT2D eigenvalue weighted by molar-refractivity contribution is 5.72. The molecule has 0 radical (unpaired) electrons. The highest BCUT2D eigenvalue weighted by atomic mass is 16.5. The third-order valence-electron chi connectivity index (χ3n) is 6.41. The molecule has 172 valence electrons. The van der Waals surface area contributed by atoms with Crippen LogP contribution in [0.25, 0.3) is 0 Å². The van der Waals surface area contributed by atoms with Crippen LogP contribution in [-0.4, -0.2) is 24.3 Å². The first-order chi connectivity index (χ1) is 13.9. The summed E-state index contributed by atoms with van der Waals surface area (Å²) in [5.74, 6) is 0.498. The molecule has 1 saturated heterocycles. The fraction of sp³-hybridized carbons (Fsp3) is 0.962. The monoisotopic (exact) mass is 410 g/mol. The van der Waals surface area contributed by atoms with Crippen molar-refractivity contribution < 1.29 is 14.3 Å². The molecule has 1 aliphatic heterocycles. The molecular weight excluding hydrogens is 360 g/mol. The molecule has 0 aromatic rings. The number of carbonyl (C=O) groups excluding carboxylic acids is 1. The molecule has 29 heavy (non-hydrogen) atoms. The molecule has 3 nitrogen and oxygen atoms in total. The normalized spacial score (nSPS) is 21.0. The van der Waals surface area contributed by atoms with E-state index in [4.69, 9.17) is 9.47 Å². The van der Waals surface area contributed by atoms with Crippen LogP contribution in [0.15, 0.2) is 0 Å². The van der Waals surface area contributed by atoms with Crippen LogP contribution in [0.1, 0.15) is 131 Å². The molecule has 3 heteroatoms. The number of hydrogen-bond acceptors (Lipinski definition) is 3. The summed E-state index contributed by atoms with van der Waals surface area (Å²) in [6, 6.07) is 0. The fourth-order valence-electron chi connectivity index (χ4n) is 4.74.